The second-order valence-corrected chi connectivity index (χ2v) is 6.65. The quantitative estimate of drug-likeness (QED) is 0.815. The predicted octanol–water partition coefficient (Wildman–Crippen LogP) is 3.94. The van der Waals surface area contributed by atoms with E-state index in [2.05, 4.69) is 51.7 Å². The van der Waals surface area contributed by atoms with Crippen molar-refractivity contribution in [3.8, 4) is 0 Å². The minimum Gasteiger partial charge on any atom is -0.389 e. The summed E-state index contributed by atoms with van der Waals surface area (Å²) < 4.78 is 0.605. The van der Waals surface area contributed by atoms with Crippen molar-refractivity contribution in [1.29, 1.82) is 0 Å². The molecule has 1 aromatic heterocycles. The molecule has 5 nitrogen and oxygen atoms in total. The number of anilines is 2. The van der Waals surface area contributed by atoms with E-state index in [9.17, 15) is 0 Å². The summed E-state index contributed by atoms with van der Waals surface area (Å²) in [5.74, 6) is 1.84. The van der Waals surface area contributed by atoms with E-state index >= 15 is 0 Å². The number of aryl methyl sites for hydroxylation is 4. The highest BCUT2D eigenvalue weighted by Crippen LogP contribution is 2.42. The highest BCUT2D eigenvalue weighted by molar-refractivity contribution is 5.77. The monoisotopic (exact) mass is 328 g/mol. The minimum absolute atomic E-state index is 0.368. The molecule has 0 fully saturated rings. The van der Waals surface area contributed by atoms with E-state index in [-0.39, 0.29) is 0 Å². The first-order valence-corrected chi connectivity index (χ1v) is 8.62. The zero-order chi connectivity index (χ0) is 18.1. The summed E-state index contributed by atoms with van der Waals surface area (Å²) in [6.07, 6.45) is 1.02. The molecule has 1 aromatic carbocycles. The van der Waals surface area contributed by atoms with Crippen molar-refractivity contribution in [3.63, 3.8) is 0 Å². The van der Waals surface area contributed by atoms with Gasteiger partial charge in [0, 0.05) is 11.1 Å². The van der Waals surface area contributed by atoms with Crippen LogP contribution in [0.5, 0.6) is 0 Å². The fourth-order valence-corrected chi connectivity index (χ4v) is 3.93. The van der Waals surface area contributed by atoms with Gasteiger partial charge < -0.3 is 11.5 Å². The molecule has 1 unspecified atom stereocenters. The maximum Gasteiger partial charge on any atom is 0.261 e. The molecule has 1 heterocycles. The van der Waals surface area contributed by atoms with Gasteiger partial charge in [-0.1, -0.05) is 24.6 Å². The Morgan fingerprint density at radius 1 is 0.958 bits per heavy atom. The Morgan fingerprint density at radius 3 is 2.04 bits per heavy atom. The van der Waals surface area contributed by atoms with Crippen LogP contribution >= 0.6 is 0 Å². The van der Waals surface area contributed by atoms with Crippen LogP contribution in [-0.4, -0.2) is 23.1 Å². The van der Waals surface area contributed by atoms with Gasteiger partial charge in [-0.15, -0.1) is 0 Å². The molecule has 0 amide bonds. The molecule has 0 aliphatic heterocycles. The molecular formula is C19H30N5+. The standard InChI is InChI=1S/C19H30N5/c1-7-9-24(8-2,17-13(4)10-12(3)11-14(17)5)19-16(20)18(21)22-15(6)23-19/h10-11H,7-9,20H2,1-6H3,(H2,21,22,23)/q+1. The third kappa shape index (κ3) is 2.96. The molecule has 4 N–H and O–H groups in total. The van der Waals surface area contributed by atoms with E-state index in [1.807, 2.05) is 6.92 Å². The smallest absolute Gasteiger partial charge is 0.261 e. The minimum atomic E-state index is 0.368. The van der Waals surface area contributed by atoms with Gasteiger partial charge in [0.2, 0.25) is 0 Å². The lowest BCUT2D eigenvalue weighted by molar-refractivity contribution is 0.387. The van der Waals surface area contributed by atoms with Gasteiger partial charge in [0.05, 0.1) is 13.1 Å². The van der Waals surface area contributed by atoms with Crippen molar-refractivity contribution < 1.29 is 0 Å². The van der Waals surface area contributed by atoms with Crippen LogP contribution in [0.3, 0.4) is 0 Å². The molecule has 0 aliphatic rings. The fraction of sp³-hybridized carbons (Fsp3) is 0.474. The molecule has 0 aliphatic carbocycles. The molecule has 0 bridgehead atoms. The molecule has 0 saturated heterocycles. The molecular weight excluding hydrogens is 298 g/mol. The zero-order valence-electron chi connectivity index (χ0n) is 15.8. The molecule has 24 heavy (non-hydrogen) atoms. The van der Waals surface area contributed by atoms with Gasteiger partial charge >= 0.3 is 0 Å². The summed E-state index contributed by atoms with van der Waals surface area (Å²) in [6.45, 7) is 14.5. The number of hydrogen-bond donors (Lipinski definition) is 2. The zero-order valence-corrected chi connectivity index (χ0v) is 15.8. The number of hydrogen-bond acceptors (Lipinski definition) is 4. The van der Waals surface area contributed by atoms with Crippen molar-refractivity contribution in [2.24, 2.45) is 0 Å². The number of nitrogen functional groups attached to an aromatic ring is 2. The molecule has 0 saturated carbocycles. The Kier molecular flexibility index (Phi) is 5.13. The van der Waals surface area contributed by atoms with Gasteiger partial charge in [0.1, 0.15) is 11.5 Å². The molecule has 130 valence electrons. The van der Waals surface area contributed by atoms with E-state index in [1.165, 1.54) is 22.4 Å². The van der Waals surface area contributed by atoms with Crippen LogP contribution in [-0.2, 0) is 0 Å². The molecule has 2 rings (SSSR count). The highest BCUT2D eigenvalue weighted by atomic mass is 15.4. The Morgan fingerprint density at radius 2 is 1.54 bits per heavy atom. The van der Waals surface area contributed by atoms with Crippen LogP contribution in [0.1, 0.15) is 42.8 Å². The van der Waals surface area contributed by atoms with Crippen molar-refractivity contribution in [1.82, 2.24) is 14.5 Å². The van der Waals surface area contributed by atoms with Crippen molar-refractivity contribution in [2.45, 2.75) is 48.0 Å². The molecule has 1 atom stereocenters. The van der Waals surface area contributed by atoms with Crippen molar-refractivity contribution >= 4 is 23.0 Å². The molecule has 0 spiro atoms. The first kappa shape index (κ1) is 18.2. The lowest BCUT2D eigenvalue weighted by Gasteiger charge is -2.38. The van der Waals surface area contributed by atoms with Gasteiger partial charge in [0.25, 0.3) is 5.82 Å². The number of nitrogens with zero attached hydrogens (tertiary/aromatic N) is 3. The summed E-state index contributed by atoms with van der Waals surface area (Å²) >= 11 is 0. The first-order chi connectivity index (χ1) is 11.3. The Labute approximate surface area is 145 Å². The molecule has 2 aromatic rings. The number of aromatic nitrogens is 2. The van der Waals surface area contributed by atoms with E-state index in [0.29, 0.717) is 21.8 Å². The van der Waals surface area contributed by atoms with E-state index in [4.69, 9.17) is 16.5 Å². The summed E-state index contributed by atoms with van der Waals surface area (Å²) in [6, 6.07) is 4.46. The molecule has 5 heteroatoms. The largest absolute Gasteiger partial charge is 0.389 e. The van der Waals surface area contributed by atoms with Gasteiger partial charge in [-0.05, 0) is 41.0 Å². The van der Waals surface area contributed by atoms with Crippen molar-refractivity contribution in [2.75, 3.05) is 24.6 Å². The van der Waals surface area contributed by atoms with E-state index in [0.717, 1.165) is 25.3 Å². The van der Waals surface area contributed by atoms with Crippen LogP contribution in [0.15, 0.2) is 12.1 Å². The van der Waals surface area contributed by atoms with E-state index < -0.39 is 0 Å². The van der Waals surface area contributed by atoms with Crippen LogP contribution in [0.2, 0.25) is 0 Å². The Bertz CT molecular complexity index is 731. The van der Waals surface area contributed by atoms with E-state index in [1.54, 1.807) is 0 Å². The Hall–Kier alpha value is -2.14. The van der Waals surface area contributed by atoms with Crippen molar-refractivity contribution in [3.05, 3.63) is 34.6 Å². The third-order valence-electron chi connectivity index (χ3n) is 4.68. The average molecular weight is 328 g/mol. The maximum atomic E-state index is 6.35. The summed E-state index contributed by atoms with van der Waals surface area (Å²) in [5, 5.41) is 0. The average Bonchev–Trinajstić information content (AvgIpc) is 2.49. The topological polar surface area (TPSA) is 77.8 Å². The Balaban J connectivity index is 2.88. The molecule has 0 radical (unpaired) electrons. The van der Waals surface area contributed by atoms with Crippen LogP contribution in [0, 0.1) is 27.7 Å². The number of benzene rings is 1. The summed E-state index contributed by atoms with van der Waals surface area (Å²) in [7, 11) is 0. The summed E-state index contributed by atoms with van der Waals surface area (Å²) in [5.41, 5.74) is 18.0. The van der Waals surface area contributed by atoms with Gasteiger partial charge in [0.15, 0.2) is 11.5 Å². The SMILES string of the molecule is CCC[N+](CC)(c1nc(C)nc(N)c1N)c1c(C)cc(C)cc1C. The third-order valence-corrected chi connectivity index (χ3v) is 4.68. The normalized spacial score (nSPS) is 13.8. The number of quaternary nitrogens is 1. The highest BCUT2D eigenvalue weighted by Gasteiger charge is 2.38. The summed E-state index contributed by atoms with van der Waals surface area (Å²) in [4.78, 5) is 8.96. The van der Waals surface area contributed by atoms with Gasteiger partial charge in [-0.25, -0.2) is 9.47 Å². The second kappa shape index (κ2) is 6.77. The lowest BCUT2D eigenvalue weighted by Crippen LogP contribution is -2.47. The maximum absolute atomic E-state index is 6.35. The van der Waals surface area contributed by atoms with Crippen LogP contribution in [0.25, 0.3) is 0 Å². The predicted molar refractivity (Wildman–Crippen MR) is 103 cm³/mol. The number of rotatable bonds is 5. The second-order valence-electron chi connectivity index (χ2n) is 6.65. The van der Waals surface area contributed by atoms with Crippen LogP contribution < -0.4 is 16.0 Å². The van der Waals surface area contributed by atoms with Gasteiger partial charge in [-0.3, -0.25) is 0 Å². The number of nitrogens with two attached hydrogens (primary N) is 2. The van der Waals surface area contributed by atoms with Gasteiger partial charge in [-0.2, -0.15) is 4.98 Å². The first-order valence-electron chi connectivity index (χ1n) is 8.62. The fourth-order valence-electron chi connectivity index (χ4n) is 3.93. The van der Waals surface area contributed by atoms with Crippen LogP contribution in [0.4, 0.5) is 23.0 Å². The lowest BCUT2D eigenvalue weighted by atomic mass is 10.0.